The number of nitrogens with zero attached hydrogens (tertiary/aromatic N) is 5. The van der Waals surface area contributed by atoms with E-state index in [9.17, 15) is 9.90 Å². The number of ether oxygens (including phenoxy) is 1. The molecule has 0 fully saturated rings. The molecule has 0 aliphatic carbocycles. The first-order chi connectivity index (χ1) is 14.8. The van der Waals surface area contributed by atoms with E-state index in [1.165, 1.54) is 0 Å². The van der Waals surface area contributed by atoms with Crippen LogP contribution in [0.4, 0.5) is 0 Å². The van der Waals surface area contributed by atoms with Crippen LogP contribution in [0.5, 0.6) is 5.75 Å². The number of fused-ring (bicyclic) bond motifs is 1. The lowest BCUT2D eigenvalue weighted by Crippen LogP contribution is -2.36. The fraction of sp³-hybridized carbons (Fsp3) is 0.545. The molecule has 0 spiro atoms. The van der Waals surface area contributed by atoms with Crippen molar-refractivity contribution in [1.29, 1.82) is 0 Å². The number of hydrogen-bond acceptors (Lipinski definition) is 7. The van der Waals surface area contributed by atoms with Crippen LogP contribution in [0.2, 0.25) is 0 Å². The minimum absolute atomic E-state index is 0.0342. The molecule has 0 aliphatic rings. The van der Waals surface area contributed by atoms with Gasteiger partial charge in [0.25, 0.3) is 5.56 Å². The zero-order valence-corrected chi connectivity index (χ0v) is 18.9. The summed E-state index contributed by atoms with van der Waals surface area (Å²) in [6.07, 6.45) is 0.733. The third-order valence-corrected chi connectivity index (χ3v) is 5.22. The van der Waals surface area contributed by atoms with Gasteiger partial charge in [0.15, 0.2) is 5.82 Å². The molecule has 9 nitrogen and oxygen atoms in total. The Morgan fingerprint density at radius 3 is 2.68 bits per heavy atom. The number of aliphatic hydroxyl groups is 1. The summed E-state index contributed by atoms with van der Waals surface area (Å²) in [6, 6.07) is 7.36. The standard InChI is InChI=1S/C22H32N6O3/c1-6-19(20-24-25-26-28(20)22(3,4)5)27(10-11-29)14-16-12-15-13-17(31-7-2)8-9-18(15)23-21(16)30/h8-9,12-13,19,29H,6-7,10-11,14H2,1-5H3,(H,23,30)/t19-/m1/s1. The SMILES string of the molecule is CCOc1ccc2[nH]c(=O)c(CN(CCO)[C@H](CC)c3nnnn3C(C)(C)C)cc2c1. The van der Waals surface area contributed by atoms with Crippen molar-refractivity contribution in [3.63, 3.8) is 0 Å². The van der Waals surface area contributed by atoms with Gasteiger partial charge in [-0.1, -0.05) is 6.92 Å². The van der Waals surface area contributed by atoms with Crippen LogP contribution in [-0.4, -0.2) is 55.0 Å². The van der Waals surface area contributed by atoms with Crippen LogP contribution in [0.15, 0.2) is 29.1 Å². The van der Waals surface area contributed by atoms with Crippen molar-refractivity contribution in [3.8, 4) is 5.75 Å². The number of rotatable bonds is 9. The number of tetrazole rings is 1. The summed E-state index contributed by atoms with van der Waals surface area (Å²) in [5, 5.41) is 23.0. The Balaban J connectivity index is 1.98. The number of nitrogens with one attached hydrogen (secondary N) is 1. The van der Waals surface area contributed by atoms with Gasteiger partial charge in [-0.2, -0.15) is 0 Å². The van der Waals surface area contributed by atoms with Crippen LogP contribution in [0, 0.1) is 0 Å². The predicted molar refractivity (Wildman–Crippen MR) is 119 cm³/mol. The van der Waals surface area contributed by atoms with E-state index >= 15 is 0 Å². The average Bonchev–Trinajstić information content (AvgIpc) is 3.20. The number of hydrogen-bond donors (Lipinski definition) is 2. The normalized spacial score (nSPS) is 13.1. The maximum Gasteiger partial charge on any atom is 0.252 e. The zero-order valence-electron chi connectivity index (χ0n) is 18.9. The molecule has 2 aromatic heterocycles. The van der Waals surface area contributed by atoms with Crippen molar-refractivity contribution in [3.05, 3.63) is 46.0 Å². The van der Waals surface area contributed by atoms with Crippen molar-refractivity contribution in [2.24, 2.45) is 0 Å². The lowest BCUT2D eigenvalue weighted by Gasteiger charge is -2.31. The second-order valence-electron chi connectivity index (χ2n) is 8.54. The van der Waals surface area contributed by atoms with Crippen molar-refractivity contribution in [2.45, 2.75) is 59.2 Å². The quantitative estimate of drug-likeness (QED) is 0.539. The molecule has 9 heteroatoms. The van der Waals surface area contributed by atoms with E-state index < -0.39 is 0 Å². The molecular weight excluding hydrogens is 396 g/mol. The topological polar surface area (TPSA) is 109 Å². The van der Waals surface area contributed by atoms with Crippen LogP contribution in [-0.2, 0) is 12.1 Å². The second-order valence-corrected chi connectivity index (χ2v) is 8.54. The number of aromatic amines is 1. The first-order valence-electron chi connectivity index (χ1n) is 10.7. The number of benzene rings is 1. The molecule has 0 unspecified atom stereocenters. The number of H-pyrrole nitrogens is 1. The van der Waals surface area contributed by atoms with Crippen LogP contribution >= 0.6 is 0 Å². The monoisotopic (exact) mass is 428 g/mol. The molecule has 0 aliphatic heterocycles. The smallest absolute Gasteiger partial charge is 0.252 e. The molecule has 0 bridgehead atoms. The van der Waals surface area contributed by atoms with E-state index in [0.717, 1.165) is 28.9 Å². The fourth-order valence-electron chi connectivity index (χ4n) is 3.78. The van der Waals surface area contributed by atoms with E-state index in [2.05, 4.69) is 32.3 Å². The second kappa shape index (κ2) is 9.57. The van der Waals surface area contributed by atoms with Gasteiger partial charge in [0, 0.05) is 29.6 Å². The molecule has 0 saturated heterocycles. The minimum Gasteiger partial charge on any atom is -0.494 e. The van der Waals surface area contributed by atoms with Crippen molar-refractivity contribution < 1.29 is 9.84 Å². The summed E-state index contributed by atoms with van der Waals surface area (Å²) in [4.78, 5) is 17.8. The molecule has 168 valence electrons. The van der Waals surface area contributed by atoms with E-state index in [1.54, 1.807) is 0 Å². The van der Waals surface area contributed by atoms with Gasteiger partial charge in [0.2, 0.25) is 0 Å². The van der Waals surface area contributed by atoms with Gasteiger partial charge in [0.1, 0.15) is 5.75 Å². The van der Waals surface area contributed by atoms with Crippen molar-refractivity contribution in [2.75, 3.05) is 19.8 Å². The lowest BCUT2D eigenvalue weighted by molar-refractivity contribution is 0.127. The molecule has 3 aromatic rings. The Bertz CT molecular complexity index is 1070. The van der Waals surface area contributed by atoms with Gasteiger partial charge in [0.05, 0.1) is 24.8 Å². The zero-order chi connectivity index (χ0) is 22.6. The molecule has 2 N–H and O–H groups in total. The van der Waals surface area contributed by atoms with Gasteiger partial charge >= 0.3 is 0 Å². The highest BCUT2D eigenvalue weighted by atomic mass is 16.5. The third kappa shape index (κ3) is 5.11. The van der Waals surface area contributed by atoms with Gasteiger partial charge in [-0.25, -0.2) is 4.68 Å². The van der Waals surface area contributed by atoms with Crippen LogP contribution in [0.25, 0.3) is 10.9 Å². The van der Waals surface area contributed by atoms with Crippen LogP contribution < -0.4 is 10.3 Å². The maximum absolute atomic E-state index is 12.8. The molecular formula is C22H32N6O3. The van der Waals surface area contributed by atoms with Crippen LogP contribution in [0.1, 0.15) is 58.5 Å². The average molecular weight is 429 g/mol. The van der Waals surface area contributed by atoms with Gasteiger partial charge in [-0.05, 0) is 68.8 Å². The summed E-state index contributed by atoms with van der Waals surface area (Å²) in [6.45, 7) is 11.4. The number of aromatic nitrogens is 5. The maximum atomic E-state index is 12.8. The summed E-state index contributed by atoms with van der Waals surface area (Å²) in [5.41, 5.74) is 0.940. The molecule has 0 saturated carbocycles. The van der Waals surface area contributed by atoms with E-state index in [-0.39, 0.29) is 23.7 Å². The molecule has 2 heterocycles. The fourth-order valence-corrected chi connectivity index (χ4v) is 3.78. The first-order valence-corrected chi connectivity index (χ1v) is 10.7. The van der Waals surface area contributed by atoms with Gasteiger partial charge in [-0.3, -0.25) is 9.69 Å². The Morgan fingerprint density at radius 2 is 2.03 bits per heavy atom. The van der Waals surface area contributed by atoms with Gasteiger partial charge < -0.3 is 14.8 Å². The Morgan fingerprint density at radius 1 is 1.26 bits per heavy atom. The van der Waals surface area contributed by atoms with Crippen LogP contribution in [0.3, 0.4) is 0 Å². The van der Waals surface area contributed by atoms with Crippen molar-refractivity contribution in [1.82, 2.24) is 30.1 Å². The Kier molecular flexibility index (Phi) is 7.07. The third-order valence-electron chi connectivity index (χ3n) is 5.22. The Hall–Kier alpha value is -2.78. The molecule has 3 rings (SSSR count). The summed E-state index contributed by atoms with van der Waals surface area (Å²) >= 11 is 0. The van der Waals surface area contributed by atoms with E-state index in [1.807, 2.05) is 56.6 Å². The molecule has 0 radical (unpaired) electrons. The highest BCUT2D eigenvalue weighted by Gasteiger charge is 2.29. The highest BCUT2D eigenvalue weighted by Crippen LogP contribution is 2.27. The number of pyridine rings is 1. The Labute approximate surface area is 182 Å². The van der Waals surface area contributed by atoms with E-state index in [0.29, 0.717) is 25.3 Å². The summed E-state index contributed by atoms with van der Waals surface area (Å²) in [7, 11) is 0. The molecule has 1 aromatic carbocycles. The summed E-state index contributed by atoms with van der Waals surface area (Å²) < 4.78 is 7.40. The summed E-state index contributed by atoms with van der Waals surface area (Å²) in [5.74, 6) is 1.48. The van der Waals surface area contributed by atoms with Crippen molar-refractivity contribution >= 4 is 10.9 Å². The predicted octanol–water partition coefficient (Wildman–Crippen LogP) is 2.61. The lowest BCUT2D eigenvalue weighted by atomic mass is 10.1. The molecule has 0 amide bonds. The van der Waals surface area contributed by atoms with Gasteiger partial charge in [-0.15, -0.1) is 5.10 Å². The number of aliphatic hydroxyl groups excluding tert-OH is 1. The molecule has 1 atom stereocenters. The van der Waals surface area contributed by atoms with E-state index in [4.69, 9.17) is 4.74 Å². The largest absolute Gasteiger partial charge is 0.494 e. The first kappa shape index (κ1) is 22.9. The molecule has 31 heavy (non-hydrogen) atoms. The highest BCUT2D eigenvalue weighted by molar-refractivity contribution is 5.80. The minimum atomic E-state index is -0.284.